The van der Waals surface area contributed by atoms with Gasteiger partial charge in [0.1, 0.15) is 17.5 Å². The molecular formula is C11H13N5O. The van der Waals surface area contributed by atoms with Crippen LogP contribution >= 0.6 is 0 Å². The molecule has 88 valence electrons. The van der Waals surface area contributed by atoms with Crippen LogP contribution in [0.15, 0.2) is 10.6 Å². The molecule has 6 nitrogen and oxygen atoms in total. The van der Waals surface area contributed by atoms with E-state index in [9.17, 15) is 0 Å². The van der Waals surface area contributed by atoms with Crippen LogP contribution in [0, 0.1) is 25.2 Å². The zero-order valence-electron chi connectivity index (χ0n) is 9.98. The topological polar surface area (TPSA) is 79.7 Å². The van der Waals surface area contributed by atoms with Crippen molar-refractivity contribution >= 4 is 5.82 Å². The quantitative estimate of drug-likeness (QED) is 0.866. The third kappa shape index (κ3) is 2.13. The molecule has 2 aromatic heterocycles. The van der Waals surface area contributed by atoms with E-state index >= 15 is 0 Å². The summed E-state index contributed by atoms with van der Waals surface area (Å²) in [4.78, 5) is 0. The monoisotopic (exact) mass is 231 g/mol. The highest BCUT2D eigenvalue weighted by Gasteiger charge is 2.12. The Morgan fingerprint density at radius 2 is 2.29 bits per heavy atom. The first-order valence-electron chi connectivity index (χ1n) is 5.21. The molecule has 0 bridgehead atoms. The first kappa shape index (κ1) is 11.2. The molecule has 0 spiro atoms. The fourth-order valence-electron chi connectivity index (χ4n) is 1.67. The molecule has 1 N–H and O–H groups in total. The second-order valence-corrected chi connectivity index (χ2v) is 3.83. The van der Waals surface area contributed by atoms with E-state index in [0.29, 0.717) is 23.6 Å². The fourth-order valence-corrected chi connectivity index (χ4v) is 1.67. The van der Waals surface area contributed by atoms with Crippen LogP contribution < -0.4 is 5.32 Å². The zero-order chi connectivity index (χ0) is 12.4. The largest absolute Gasteiger partial charge is 0.362 e. The number of hydrogen-bond donors (Lipinski definition) is 1. The van der Waals surface area contributed by atoms with Crippen molar-refractivity contribution in [2.45, 2.75) is 20.4 Å². The van der Waals surface area contributed by atoms with Crippen molar-refractivity contribution in [3.8, 4) is 6.07 Å². The summed E-state index contributed by atoms with van der Waals surface area (Å²) in [5.74, 6) is 1.42. The Balaban J connectivity index is 2.17. The number of nitrogens with one attached hydrogen (secondary N) is 1. The van der Waals surface area contributed by atoms with Gasteiger partial charge >= 0.3 is 0 Å². The molecular weight excluding hydrogens is 218 g/mol. The average Bonchev–Trinajstić information content (AvgIpc) is 2.80. The van der Waals surface area contributed by atoms with Crippen molar-refractivity contribution in [2.75, 3.05) is 5.32 Å². The van der Waals surface area contributed by atoms with Gasteiger partial charge < -0.3 is 9.84 Å². The highest BCUT2D eigenvalue weighted by atomic mass is 16.5. The minimum Gasteiger partial charge on any atom is -0.362 e. The Morgan fingerprint density at radius 1 is 1.53 bits per heavy atom. The van der Waals surface area contributed by atoms with Gasteiger partial charge in [0.25, 0.3) is 0 Å². The first-order chi connectivity index (χ1) is 8.11. The molecule has 2 aromatic rings. The Kier molecular flexibility index (Phi) is 2.83. The van der Waals surface area contributed by atoms with Crippen LogP contribution in [0.5, 0.6) is 0 Å². The Labute approximate surface area is 98.8 Å². The van der Waals surface area contributed by atoms with Crippen molar-refractivity contribution in [1.29, 1.82) is 5.26 Å². The van der Waals surface area contributed by atoms with Gasteiger partial charge in [-0.05, 0) is 13.8 Å². The molecule has 0 radical (unpaired) electrons. The van der Waals surface area contributed by atoms with Gasteiger partial charge in [0.2, 0.25) is 0 Å². The third-order valence-corrected chi connectivity index (χ3v) is 2.44. The fraction of sp³-hybridized carbons (Fsp3) is 0.364. The van der Waals surface area contributed by atoms with Gasteiger partial charge in [0.05, 0.1) is 17.9 Å². The molecule has 0 aromatic carbocycles. The van der Waals surface area contributed by atoms with Crippen LogP contribution in [0.1, 0.15) is 22.7 Å². The summed E-state index contributed by atoms with van der Waals surface area (Å²) in [6.45, 7) is 4.15. The molecule has 0 aliphatic carbocycles. The van der Waals surface area contributed by atoms with E-state index in [-0.39, 0.29) is 0 Å². The number of nitriles is 1. The molecule has 0 amide bonds. The van der Waals surface area contributed by atoms with Crippen molar-refractivity contribution in [1.82, 2.24) is 14.9 Å². The highest BCUT2D eigenvalue weighted by molar-refractivity contribution is 5.54. The predicted octanol–water partition coefficient (Wildman–Crippen LogP) is 1.51. The molecule has 0 aliphatic heterocycles. The van der Waals surface area contributed by atoms with Crippen LogP contribution in [0.3, 0.4) is 0 Å². The number of aromatic nitrogens is 3. The lowest BCUT2D eigenvalue weighted by molar-refractivity contribution is 0.384. The molecule has 0 unspecified atom stereocenters. The molecule has 6 heteroatoms. The standard InChI is InChI=1S/C11H13N5O/c1-7-4-9(17-15-7)6-13-11-10(5-12)8(2)14-16(11)3/h4,13H,6H2,1-3H3. The predicted molar refractivity (Wildman–Crippen MR) is 61.2 cm³/mol. The van der Waals surface area contributed by atoms with Crippen LogP contribution in [0.25, 0.3) is 0 Å². The molecule has 0 fully saturated rings. The maximum atomic E-state index is 9.03. The van der Waals surface area contributed by atoms with E-state index in [1.807, 2.05) is 19.9 Å². The van der Waals surface area contributed by atoms with Gasteiger partial charge in [0.15, 0.2) is 5.76 Å². The van der Waals surface area contributed by atoms with E-state index in [1.165, 1.54) is 0 Å². The van der Waals surface area contributed by atoms with Crippen molar-refractivity contribution < 1.29 is 4.52 Å². The van der Waals surface area contributed by atoms with E-state index in [1.54, 1.807) is 11.7 Å². The van der Waals surface area contributed by atoms with Gasteiger partial charge in [-0.1, -0.05) is 5.16 Å². The minimum absolute atomic E-state index is 0.481. The van der Waals surface area contributed by atoms with Crippen molar-refractivity contribution in [2.24, 2.45) is 7.05 Å². The SMILES string of the molecule is Cc1cc(CNc2c(C#N)c(C)nn2C)on1. The summed E-state index contributed by atoms with van der Waals surface area (Å²) in [6, 6.07) is 3.98. The van der Waals surface area contributed by atoms with E-state index in [4.69, 9.17) is 9.78 Å². The maximum absolute atomic E-state index is 9.03. The molecule has 2 rings (SSSR count). The molecule has 0 saturated heterocycles. The van der Waals surface area contributed by atoms with E-state index in [0.717, 1.165) is 11.5 Å². The summed E-state index contributed by atoms with van der Waals surface area (Å²) in [7, 11) is 1.79. The lowest BCUT2D eigenvalue weighted by Gasteiger charge is -2.04. The summed E-state index contributed by atoms with van der Waals surface area (Å²) < 4.78 is 6.73. The normalized spacial score (nSPS) is 10.2. The Bertz CT molecular complexity index is 575. The van der Waals surface area contributed by atoms with Gasteiger partial charge in [-0.15, -0.1) is 0 Å². The first-order valence-corrected chi connectivity index (χ1v) is 5.21. The number of aryl methyl sites for hydroxylation is 3. The number of rotatable bonds is 3. The van der Waals surface area contributed by atoms with Gasteiger partial charge in [0, 0.05) is 13.1 Å². The molecule has 2 heterocycles. The Hall–Kier alpha value is -2.29. The third-order valence-electron chi connectivity index (χ3n) is 2.44. The smallest absolute Gasteiger partial charge is 0.156 e. The van der Waals surface area contributed by atoms with Crippen molar-refractivity contribution in [3.05, 3.63) is 28.8 Å². The van der Waals surface area contributed by atoms with Gasteiger partial charge in [-0.2, -0.15) is 10.4 Å². The highest BCUT2D eigenvalue weighted by Crippen LogP contribution is 2.18. The molecule has 0 saturated carbocycles. The molecule has 17 heavy (non-hydrogen) atoms. The lowest BCUT2D eigenvalue weighted by atomic mass is 10.2. The maximum Gasteiger partial charge on any atom is 0.156 e. The second-order valence-electron chi connectivity index (χ2n) is 3.83. The van der Waals surface area contributed by atoms with Crippen LogP contribution in [-0.4, -0.2) is 14.9 Å². The summed E-state index contributed by atoms with van der Waals surface area (Å²) in [6.07, 6.45) is 0. The molecule has 0 atom stereocenters. The van der Waals surface area contributed by atoms with E-state index < -0.39 is 0 Å². The summed E-state index contributed by atoms with van der Waals surface area (Å²) in [5.41, 5.74) is 2.11. The minimum atomic E-state index is 0.481. The zero-order valence-corrected chi connectivity index (χ0v) is 9.98. The number of nitrogens with zero attached hydrogens (tertiary/aromatic N) is 4. The van der Waals surface area contributed by atoms with E-state index in [2.05, 4.69) is 21.6 Å². The van der Waals surface area contributed by atoms with Crippen LogP contribution in [-0.2, 0) is 13.6 Å². The van der Waals surface area contributed by atoms with Crippen LogP contribution in [0.2, 0.25) is 0 Å². The average molecular weight is 231 g/mol. The second kappa shape index (κ2) is 4.29. The lowest BCUT2D eigenvalue weighted by Crippen LogP contribution is -2.05. The summed E-state index contributed by atoms with van der Waals surface area (Å²) in [5, 5.41) is 20.1. The van der Waals surface area contributed by atoms with Crippen LogP contribution in [0.4, 0.5) is 5.82 Å². The summed E-state index contributed by atoms with van der Waals surface area (Å²) >= 11 is 0. The number of anilines is 1. The Morgan fingerprint density at radius 3 is 2.88 bits per heavy atom. The van der Waals surface area contributed by atoms with Gasteiger partial charge in [-0.3, -0.25) is 4.68 Å². The van der Waals surface area contributed by atoms with Gasteiger partial charge in [-0.25, -0.2) is 0 Å². The number of hydrogen-bond acceptors (Lipinski definition) is 5. The van der Waals surface area contributed by atoms with Crippen molar-refractivity contribution in [3.63, 3.8) is 0 Å². The molecule has 0 aliphatic rings.